The van der Waals surface area contributed by atoms with Crippen LogP contribution in [0.1, 0.15) is 22.3 Å². The fourth-order valence-corrected chi connectivity index (χ4v) is 3.50. The first-order valence-corrected chi connectivity index (χ1v) is 10.3. The third-order valence-electron chi connectivity index (χ3n) is 4.63. The molecule has 0 saturated carbocycles. The van der Waals surface area contributed by atoms with Crippen molar-refractivity contribution >= 4 is 45.2 Å². The second-order valence-electron chi connectivity index (χ2n) is 6.65. The van der Waals surface area contributed by atoms with Crippen molar-refractivity contribution in [1.82, 2.24) is 0 Å². The van der Waals surface area contributed by atoms with Crippen molar-refractivity contribution in [2.24, 2.45) is 0 Å². The Morgan fingerprint density at radius 1 is 1.17 bits per heavy atom. The molecule has 0 unspecified atom stereocenters. The van der Waals surface area contributed by atoms with Gasteiger partial charge in [-0.1, -0.05) is 57.9 Å². The zero-order valence-electron chi connectivity index (χ0n) is 16.0. The molecular weight excluding hydrogens is 467 g/mol. The van der Waals surface area contributed by atoms with Gasteiger partial charge in [-0.2, -0.15) is 5.26 Å². The van der Waals surface area contributed by atoms with Gasteiger partial charge in [0.2, 0.25) is 0 Å². The first-order valence-electron chi connectivity index (χ1n) is 9.09. The highest BCUT2D eigenvalue weighted by Gasteiger charge is 2.14. The Labute approximate surface area is 187 Å². The van der Waals surface area contributed by atoms with E-state index in [0.29, 0.717) is 33.8 Å². The van der Waals surface area contributed by atoms with Crippen LogP contribution in [0, 0.1) is 24.1 Å². The van der Waals surface area contributed by atoms with Crippen molar-refractivity contribution in [3.63, 3.8) is 0 Å². The molecule has 3 aromatic rings. The number of benzene rings is 3. The smallest absolute Gasteiger partial charge is 0.266 e. The number of nitrogens with one attached hydrogen (secondary N) is 1. The summed E-state index contributed by atoms with van der Waals surface area (Å²) in [5.74, 6) is -0.843. The highest BCUT2D eigenvalue weighted by molar-refractivity contribution is 9.10. The Hall–Kier alpha value is -2.94. The Bertz CT molecular complexity index is 1180. The van der Waals surface area contributed by atoms with Crippen LogP contribution in [-0.4, -0.2) is 5.91 Å². The van der Waals surface area contributed by atoms with Crippen LogP contribution in [0.4, 0.5) is 10.1 Å². The van der Waals surface area contributed by atoms with E-state index in [0.717, 1.165) is 10.0 Å². The second kappa shape index (κ2) is 9.71. The minimum absolute atomic E-state index is 0.0674. The van der Waals surface area contributed by atoms with Gasteiger partial charge >= 0.3 is 0 Å². The van der Waals surface area contributed by atoms with Crippen LogP contribution in [0.5, 0.6) is 0 Å². The molecule has 0 spiro atoms. The highest BCUT2D eigenvalue weighted by Crippen LogP contribution is 2.25. The van der Waals surface area contributed by atoms with Gasteiger partial charge in [0.25, 0.3) is 5.91 Å². The monoisotopic (exact) mass is 482 g/mol. The lowest BCUT2D eigenvalue weighted by Gasteiger charge is -2.11. The number of amides is 1. The maximum atomic E-state index is 14.1. The molecule has 0 aromatic heterocycles. The molecule has 30 heavy (non-hydrogen) atoms. The van der Waals surface area contributed by atoms with Crippen LogP contribution in [0.25, 0.3) is 6.08 Å². The second-order valence-corrected chi connectivity index (χ2v) is 7.97. The van der Waals surface area contributed by atoms with E-state index in [-0.39, 0.29) is 11.4 Å². The standard InChI is InChI=1S/C24H17BrClFN2O/c1-15-21(26)6-4-8-23(15)29-24(30)19(14-28)12-18-13-20(25)10-9-16(18)11-17-5-2-3-7-22(17)27/h2-10,12-13H,11H2,1H3,(H,29,30)/b19-12+. The average molecular weight is 484 g/mol. The van der Waals surface area contributed by atoms with Crippen LogP contribution in [-0.2, 0) is 11.2 Å². The lowest BCUT2D eigenvalue weighted by molar-refractivity contribution is -0.112. The largest absolute Gasteiger partial charge is 0.321 e. The minimum Gasteiger partial charge on any atom is -0.321 e. The summed E-state index contributed by atoms with van der Waals surface area (Å²) in [5, 5.41) is 12.8. The number of anilines is 1. The Morgan fingerprint density at radius 3 is 2.67 bits per heavy atom. The first-order chi connectivity index (χ1) is 14.4. The molecule has 3 aromatic carbocycles. The normalized spacial score (nSPS) is 11.1. The molecule has 0 bridgehead atoms. The van der Waals surface area contributed by atoms with Crippen molar-refractivity contribution in [1.29, 1.82) is 5.26 Å². The number of carbonyl (C=O) groups is 1. The summed E-state index contributed by atoms with van der Waals surface area (Å²) in [4.78, 5) is 12.7. The first kappa shape index (κ1) is 21.8. The van der Waals surface area contributed by atoms with E-state index in [1.54, 1.807) is 49.4 Å². The van der Waals surface area contributed by atoms with E-state index in [1.807, 2.05) is 18.2 Å². The Balaban J connectivity index is 1.94. The van der Waals surface area contributed by atoms with Crippen molar-refractivity contribution < 1.29 is 9.18 Å². The zero-order valence-corrected chi connectivity index (χ0v) is 18.4. The van der Waals surface area contributed by atoms with E-state index in [2.05, 4.69) is 21.2 Å². The van der Waals surface area contributed by atoms with Gasteiger partial charge in [0.1, 0.15) is 17.5 Å². The molecule has 0 atom stereocenters. The molecule has 150 valence electrons. The lowest BCUT2D eigenvalue weighted by Crippen LogP contribution is -2.14. The van der Waals surface area contributed by atoms with E-state index >= 15 is 0 Å². The molecule has 0 aliphatic heterocycles. The van der Waals surface area contributed by atoms with Gasteiger partial charge in [0.15, 0.2) is 0 Å². The molecule has 3 nitrogen and oxygen atoms in total. The number of nitriles is 1. The van der Waals surface area contributed by atoms with Crippen molar-refractivity contribution in [2.45, 2.75) is 13.3 Å². The van der Waals surface area contributed by atoms with Crippen LogP contribution in [0.15, 0.2) is 70.7 Å². The number of halogens is 3. The molecule has 0 radical (unpaired) electrons. The van der Waals surface area contributed by atoms with Crippen molar-refractivity contribution in [2.75, 3.05) is 5.32 Å². The summed E-state index contributed by atoms with van der Waals surface area (Å²) in [7, 11) is 0. The van der Waals surface area contributed by atoms with E-state index in [9.17, 15) is 14.4 Å². The van der Waals surface area contributed by atoms with Crippen LogP contribution in [0.3, 0.4) is 0 Å². The fourth-order valence-electron chi connectivity index (χ4n) is 2.94. The number of hydrogen-bond acceptors (Lipinski definition) is 2. The van der Waals surface area contributed by atoms with Gasteiger partial charge in [0.05, 0.1) is 0 Å². The number of rotatable bonds is 5. The molecule has 0 heterocycles. The topological polar surface area (TPSA) is 52.9 Å². The van der Waals surface area contributed by atoms with Gasteiger partial charge < -0.3 is 5.32 Å². The van der Waals surface area contributed by atoms with Crippen molar-refractivity contribution in [3.8, 4) is 6.07 Å². The van der Waals surface area contributed by atoms with Gasteiger partial charge in [-0.05, 0) is 65.6 Å². The number of carbonyl (C=O) groups excluding carboxylic acids is 1. The molecule has 0 aliphatic rings. The summed E-state index contributed by atoms with van der Waals surface area (Å²) in [6.45, 7) is 1.79. The molecule has 3 rings (SSSR count). The molecular formula is C24H17BrClFN2O. The van der Waals surface area contributed by atoms with Gasteiger partial charge in [-0.15, -0.1) is 0 Å². The molecule has 1 N–H and O–H groups in total. The summed E-state index contributed by atoms with van der Waals surface area (Å²) in [6.07, 6.45) is 1.84. The number of hydrogen-bond donors (Lipinski definition) is 1. The number of nitrogens with zero attached hydrogens (tertiary/aromatic N) is 1. The van der Waals surface area contributed by atoms with Gasteiger partial charge in [0, 0.05) is 21.6 Å². The van der Waals surface area contributed by atoms with E-state index in [1.165, 1.54) is 12.1 Å². The average Bonchev–Trinajstić information content (AvgIpc) is 2.72. The molecule has 0 fully saturated rings. The summed E-state index contributed by atoms with van der Waals surface area (Å²) >= 11 is 9.52. The SMILES string of the molecule is Cc1c(Cl)cccc1NC(=O)/C(C#N)=C/c1cc(Br)ccc1Cc1ccccc1F. The van der Waals surface area contributed by atoms with Crippen molar-refractivity contribution in [3.05, 3.63) is 104 Å². The minimum atomic E-state index is -0.542. The highest BCUT2D eigenvalue weighted by atomic mass is 79.9. The third kappa shape index (κ3) is 5.15. The quantitative estimate of drug-likeness (QED) is 0.325. The molecule has 1 amide bonds. The maximum Gasteiger partial charge on any atom is 0.266 e. The summed E-state index contributed by atoms with van der Waals surface area (Å²) in [6, 6.07) is 19.1. The summed E-state index contributed by atoms with van der Waals surface area (Å²) in [5.41, 5.74) is 3.17. The fraction of sp³-hybridized carbons (Fsp3) is 0.0833. The van der Waals surface area contributed by atoms with Crippen LogP contribution in [0.2, 0.25) is 5.02 Å². The lowest BCUT2D eigenvalue weighted by atomic mass is 9.98. The van der Waals surface area contributed by atoms with Crippen LogP contribution < -0.4 is 5.32 Å². The Morgan fingerprint density at radius 2 is 1.93 bits per heavy atom. The van der Waals surface area contributed by atoms with Gasteiger partial charge in [-0.3, -0.25) is 4.79 Å². The molecule has 0 aliphatic carbocycles. The Kier molecular flexibility index (Phi) is 7.04. The summed E-state index contributed by atoms with van der Waals surface area (Å²) < 4.78 is 14.9. The molecule has 0 saturated heterocycles. The van der Waals surface area contributed by atoms with E-state index in [4.69, 9.17) is 11.6 Å². The zero-order chi connectivity index (χ0) is 21.7. The third-order valence-corrected chi connectivity index (χ3v) is 5.53. The molecule has 6 heteroatoms. The maximum absolute atomic E-state index is 14.1. The van der Waals surface area contributed by atoms with Crippen LogP contribution >= 0.6 is 27.5 Å². The predicted molar refractivity (Wildman–Crippen MR) is 122 cm³/mol. The predicted octanol–water partition coefficient (Wildman–Crippen LogP) is 6.69. The van der Waals surface area contributed by atoms with Gasteiger partial charge in [-0.25, -0.2) is 4.39 Å². The van der Waals surface area contributed by atoms with E-state index < -0.39 is 5.91 Å².